The van der Waals surface area contributed by atoms with Crippen molar-refractivity contribution in [2.24, 2.45) is 5.73 Å². The molecule has 0 radical (unpaired) electrons. The van der Waals surface area contributed by atoms with Crippen LogP contribution in [0.5, 0.6) is 0 Å². The molecule has 0 aliphatic heterocycles. The number of anilines is 2. The van der Waals surface area contributed by atoms with E-state index in [-0.39, 0.29) is 5.25 Å². The number of halogens is 1. The third-order valence-corrected chi connectivity index (χ3v) is 4.74. The second-order valence-electron chi connectivity index (χ2n) is 3.48. The number of hydrogen-bond donors (Lipinski definition) is 3. The Morgan fingerprint density at radius 2 is 1.94 bits per heavy atom. The molecule has 0 spiro atoms. The summed E-state index contributed by atoms with van der Waals surface area (Å²) in [4.78, 5) is 9.32. The van der Waals surface area contributed by atoms with Crippen molar-refractivity contribution in [3.05, 3.63) is 27.4 Å². The first-order valence-corrected chi connectivity index (χ1v) is 7.18. The first kappa shape index (κ1) is 13.4. The van der Waals surface area contributed by atoms with Gasteiger partial charge in [0.15, 0.2) is 5.16 Å². The van der Waals surface area contributed by atoms with Gasteiger partial charge in [0.2, 0.25) is 0 Å². The van der Waals surface area contributed by atoms with Gasteiger partial charge in [-0.2, -0.15) is 0 Å². The van der Waals surface area contributed by atoms with E-state index in [0.29, 0.717) is 23.3 Å². The van der Waals surface area contributed by atoms with Gasteiger partial charge in [-0.1, -0.05) is 23.4 Å². The number of nitrogens with zero attached hydrogens (tertiary/aromatic N) is 2. The molecule has 8 heteroatoms. The van der Waals surface area contributed by atoms with E-state index in [9.17, 15) is 0 Å². The minimum atomic E-state index is 0.0451. The number of thioether (sulfide) groups is 1. The van der Waals surface area contributed by atoms with Gasteiger partial charge in [-0.05, 0) is 12.1 Å². The molecule has 1 atom stereocenters. The SMILES string of the molecule is NCC(Sc1nc(N)cc(N)n1)c1ccc(Cl)s1. The summed E-state index contributed by atoms with van der Waals surface area (Å²) in [6, 6.07) is 5.32. The molecule has 0 bridgehead atoms. The number of rotatable bonds is 4. The molecule has 2 aromatic heterocycles. The third kappa shape index (κ3) is 3.26. The van der Waals surface area contributed by atoms with Crippen molar-refractivity contribution in [1.29, 1.82) is 0 Å². The highest BCUT2D eigenvalue weighted by Gasteiger charge is 2.16. The Bertz CT molecular complexity index is 525. The van der Waals surface area contributed by atoms with Crippen molar-refractivity contribution in [2.45, 2.75) is 10.4 Å². The van der Waals surface area contributed by atoms with E-state index < -0.39 is 0 Å². The zero-order chi connectivity index (χ0) is 13.1. The first-order chi connectivity index (χ1) is 8.58. The molecule has 0 aliphatic carbocycles. The summed E-state index contributed by atoms with van der Waals surface area (Å²) in [6.45, 7) is 0.458. The van der Waals surface area contributed by atoms with Gasteiger partial charge in [0.1, 0.15) is 11.6 Å². The molecular weight excluding hydrogens is 290 g/mol. The fourth-order valence-electron chi connectivity index (χ4n) is 1.37. The fourth-order valence-corrected chi connectivity index (χ4v) is 3.57. The minimum Gasteiger partial charge on any atom is -0.383 e. The Morgan fingerprint density at radius 1 is 1.28 bits per heavy atom. The van der Waals surface area contributed by atoms with E-state index >= 15 is 0 Å². The maximum atomic E-state index is 5.91. The van der Waals surface area contributed by atoms with Crippen LogP contribution in [0.2, 0.25) is 4.34 Å². The van der Waals surface area contributed by atoms with Crippen LogP contribution in [0.25, 0.3) is 0 Å². The smallest absolute Gasteiger partial charge is 0.192 e. The van der Waals surface area contributed by atoms with Crippen molar-refractivity contribution in [3.8, 4) is 0 Å². The Morgan fingerprint density at radius 3 is 2.44 bits per heavy atom. The molecule has 5 nitrogen and oxygen atoms in total. The highest BCUT2D eigenvalue weighted by Crippen LogP contribution is 2.37. The van der Waals surface area contributed by atoms with E-state index in [4.69, 9.17) is 28.8 Å². The van der Waals surface area contributed by atoms with Crippen LogP contribution in [0.1, 0.15) is 10.1 Å². The molecule has 96 valence electrons. The summed E-state index contributed by atoms with van der Waals surface area (Å²) in [7, 11) is 0. The zero-order valence-corrected chi connectivity index (χ0v) is 11.7. The Hall–Kier alpha value is -1.02. The lowest BCUT2D eigenvalue weighted by Crippen LogP contribution is -2.09. The lowest BCUT2D eigenvalue weighted by atomic mass is 10.3. The third-order valence-electron chi connectivity index (χ3n) is 2.12. The van der Waals surface area contributed by atoms with Gasteiger partial charge < -0.3 is 17.2 Å². The Labute approximate surface area is 118 Å². The van der Waals surface area contributed by atoms with Gasteiger partial charge in [0.25, 0.3) is 0 Å². The molecule has 1 unspecified atom stereocenters. The molecule has 2 rings (SSSR count). The van der Waals surface area contributed by atoms with Crippen LogP contribution in [0.15, 0.2) is 23.4 Å². The van der Waals surface area contributed by atoms with Crippen molar-refractivity contribution in [1.82, 2.24) is 9.97 Å². The van der Waals surface area contributed by atoms with Crippen molar-refractivity contribution < 1.29 is 0 Å². The van der Waals surface area contributed by atoms with Gasteiger partial charge in [-0.15, -0.1) is 11.3 Å². The molecule has 0 saturated carbocycles. The first-order valence-electron chi connectivity index (χ1n) is 5.10. The average molecular weight is 302 g/mol. The monoisotopic (exact) mass is 301 g/mol. The minimum absolute atomic E-state index is 0.0451. The number of nitrogens with two attached hydrogens (primary N) is 3. The molecule has 0 fully saturated rings. The summed E-state index contributed by atoms with van der Waals surface area (Å²) in [5, 5.41) is 0.566. The topological polar surface area (TPSA) is 104 Å². The maximum absolute atomic E-state index is 5.91. The summed E-state index contributed by atoms with van der Waals surface area (Å²) in [5.41, 5.74) is 17.0. The van der Waals surface area contributed by atoms with E-state index in [0.717, 1.165) is 9.21 Å². The van der Waals surface area contributed by atoms with Gasteiger partial charge >= 0.3 is 0 Å². The summed E-state index contributed by atoms with van der Waals surface area (Å²) >= 11 is 8.83. The highest BCUT2D eigenvalue weighted by atomic mass is 35.5. The molecule has 2 aromatic rings. The Balaban J connectivity index is 2.20. The van der Waals surface area contributed by atoms with Gasteiger partial charge in [-0.25, -0.2) is 9.97 Å². The van der Waals surface area contributed by atoms with Crippen LogP contribution in [-0.2, 0) is 0 Å². The predicted molar refractivity (Wildman–Crippen MR) is 77.8 cm³/mol. The largest absolute Gasteiger partial charge is 0.383 e. The van der Waals surface area contributed by atoms with Crippen molar-refractivity contribution in [3.63, 3.8) is 0 Å². The molecule has 0 aliphatic rings. The number of thiophene rings is 1. The number of aromatic nitrogens is 2. The molecule has 0 amide bonds. The fraction of sp³-hybridized carbons (Fsp3) is 0.200. The van der Waals surface area contributed by atoms with Gasteiger partial charge in [-0.3, -0.25) is 0 Å². The molecular formula is C10H12ClN5S2. The molecule has 6 N–H and O–H groups in total. The van der Waals surface area contributed by atoms with Crippen molar-refractivity contribution >= 4 is 46.3 Å². The normalized spacial score (nSPS) is 12.6. The number of nitrogen functional groups attached to an aromatic ring is 2. The Kier molecular flexibility index (Phi) is 4.28. The summed E-state index contributed by atoms with van der Waals surface area (Å²) in [5.74, 6) is 0.704. The van der Waals surface area contributed by atoms with E-state index in [2.05, 4.69) is 9.97 Å². The van der Waals surface area contributed by atoms with Crippen LogP contribution in [-0.4, -0.2) is 16.5 Å². The molecule has 2 heterocycles. The molecule has 18 heavy (non-hydrogen) atoms. The van der Waals surface area contributed by atoms with Crippen LogP contribution >= 0.6 is 34.7 Å². The molecule has 0 saturated heterocycles. The average Bonchev–Trinajstić information content (AvgIpc) is 2.71. The van der Waals surface area contributed by atoms with E-state index in [1.807, 2.05) is 12.1 Å². The van der Waals surface area contributed by atoms with Gasteiger partial charge in [0.05, 0.1) is 9.59 Å². The maximum Gasteiger partial charge on any atom is 0.192 e. The second-order valence-corrected chi connectivity index (χ2v) is 6.40. The second kappa shape index (κ2) is 5.75. The van der Waals surface area contributed by atoms with Crippen LogP contribution in [0.3, 0.4) is 0 Å². The quantitative estimate of drug-likeness (QED) is 0.590. The predicted octanol–water partition coefficient (Wildman–Crippen LogP) is 2.15. The molecule has 0 aromatic carbocycles. The van der Waals surface area contributed by atoms with Crippen molar-refractivity contribution in [2.75, 3.05) is 18.0 Å². The summed E-state index contributed by atoms with van der Waals surface area (Å²) < 4.78 is 0.733. The van der Waals surface area contributed by atoms with Crippen LogP contribution in [0, 0.1) is 0 Å². The summed E-state index contributed by atoms with van der Waals surface area (Å²) in [6.07, 6.45) is 0. The van der Waals surface area contributed by atoms with Gasteiger partial charge in [0, 0.05) is 17.5 Å². The highest BCUT2D eigenvalue weighted by molar-refractivity contribution is 7.99. The van der Waals surface area contributed by atoms with Crippen LogP contribution in [0.4, 0.5) is 11.6 Å². The van der Waals surface area contributed by atoms with E-state index in [1.54, 1.807) is 0 Å². The number of hydrogen-bond acceptors (Lipinski definition) is 7. The lowest BCUT2D eigenvalue weighted by molar-refractivity contribution is 0.927. The van der Waals surface area contributed by atoms with E-state index in [1.165, 1.54) is 29.2 Å². The standard InChI is InChI=1S/C10H12ClN5S2/c11-7-2-1-5(17-7)6(4-12)18-10-15-8(13)3-9(14)16-10/h1-3,6H,4,12H2,(H4,13,14,15,16). The zero-order valence-electron chi connectivity index (χ0n) is 9.34. The lowest BCUT2D eigenvalue weighted by Gasteiger charge is -2.11. The van der Waals surface area contributed by atoms with Crippen LogP contribution < -0.4 is 17.2 Å².